The molecule has 6 rings (SSSR count). The van der Waals surface area contributed by atoms with Crippen molar-refractivity contribution in [3.63, 3.8) is 0 Å². The van der Waals surface area contributed by atoms with Crippen LogP contribution in [0.2, 0.25) is 0 Å². The smallest absolute Gasteiger partial charge is 0.202 e. The Kier molecular flexibility index (Phi) is 5.68. The van der Waals surface area contributed by atoms with Crippen molar-refractivity contribution in [3.8, 4) is 0 Å². The lowest BCUT2D eigenvalue weighted by atomic mass is 9.52. The fourth-order valence-corrected chi connectivity index (χ4v) is 8.06. The van der Waals surface area contributed by atoms with Crippen molar-refractivity contribution in [2.75, 3.05) is 0 Å². The molecule has 0 heterocycles. The number of rotatable bonds is 4. The van der Waals surface area contributed by atoms with Crippen molar-refractivity contribution < 1.29 is 24.9 Å². The summed E-state index contributed by atoms with van der Waals surface area (Å²) < 4.78 is 0. The second-order valence-corrected chi connectivity index (χ2v) is 11.7. The Morgan fingerprint density at radius 3 is 2.11 bits per heavy atom. The molecule has 4 aliphatic rings. The summed E-state index contributed by atoms with van der Waals surface area (Å²) in [5.41, 5.74) is -3.09. The van der Waals surface area contributed by atoms with E-state index < -0.39 is 22.8 Å². The second-order valence-electron chi connectivity index (χ2n) is 11.7. The van der Waals surface area contributed by atoms with Crippen molar-refractivity contribution >= 4 is 11.6 Å². The summed E-state index contributed by atoms with van der Waals surface area (Å²) in [7, 11) is 0. The van der Waals surface area contributed by atoms with Crippen molar-refractivity contribution in [3.05, 3.63) is 95.1 Å². The van der Waals surface area contributed by atoms with Gasteiger partial charge in [-0.3, -0.25) is 9.59 Å². The Hall–Kier alpha value is -2.86. The summed E-state index contributed by atoms with van der Waals surface area (Å²) in [6.45, 7) is 2.21. The average Bonchev–Trinajstić information content (AvgIpc) is 3.24. The standard InChI is InChI=1S/C32H34O5/c1-30-18-16-22-23(25(30)14-15-27(30)33)12-13-26-24(22)17-19-31(36,28(34)20-8-4-2-5-9-20)32(26,37)29(35)21-10-6-3-7-11-21/h2-11,17,19,22-23,25,27,33,36-37H,12-16,18H2,1H3/t22-,23+,25-,27-,30-,31?,32?/m0/s1. The molecule has 0 aromatic heterocycles. The molecule has 0 radical (unpaired) electrons. The topological polar surface area (TPSA) is 94.8 Å². The lowest BCUT2D eigenvalue weighted by molar-refractivity contribution is -0.0666. The van der Waals surface area contributed by atoms with E-state index in [0.717, 1.165) is 37.7 Å². The van der Waals surface area contributed by atoms with Crippen LogP contribution < -0.4 is 0 Å². The van der Waals surface area contributed by atoms with Gasteiger partial charge in [-0.25, -0.2) is 0 Å². The van der Waals surface area contributed by atoms with Crippen LogP contribution in [0.5, 0.6) is 0 Å². The van der Waals surface area contributed by atoms with E-state index in [1.807, 2.05) is 0 Å². The molecule has 2 unspecified atom stereocenters. The first-order chi connectivity index (χ1) is 17.7. The largest absolute Gasteiger partial charge is 0.393 e. The number of aliphatic hydroxyl groups is 3. The number of carbonyl (C=O) groups is 2. The van der Waals surface area contributed by atoms with Gasteiger partial charge in [-0.2, -0.15) is 0 Å². The number of ketones is 2. The molecule has 192 valence electrons. The van der Waals surface area contributed by atoms with E-state index in [1.165, 1.54) is 6.08 Å². The van der Waals surface area contributed by atoms with Gasteiger partial charge in [0.2, 0.25) is 11.6 Å². The summed E-state index contributed by atoms with van der Waals surface area (Å²) in [6.07, 6.45) is 7.56. The molecule has 0 amide bonds. The van der Waals surface area contributed by atoms with Gasteiger partial charge in [0, 0.05) is 11.1 Å². The zero-order valence-electron chi connectivity index (χ0n) is 21.1. The molecule has 2 aromatic rings. The molecule has 0 spiro atoms. The molecule has 0 saturated heterocycles. The number of allylic oxidation sites excluding steroid dienone is 2. The van der Waals surface area contributed by atoms with Gasteiger partial charge in [0.25, 0.3) is 0 Å². The van der Waals surface area contributed by atoms with Gasteiger partial charge in [-0.05, 0) is 78.9 Å². The highest BCUT2D eigenvalue weighted by molar-refractivity contribution is 6.15. The number of hydrogen-bond donors (Lipinski definition) is 3. The van der Waals surface area contributed by atoms with Crippen LogP contribution in [-0.4, -0.2) is 44.2 Å². The van der Waals surface area contributed by atoms with Crippen LogP contribution in [0.25, 0.3) is 0 Å². The summed E-state index contributed by atoms with van der Waals surface area (Å²) in [6, 6.07) is 16.8. The van der Waals surface area contributed by atoms with E-state index in [1.54, 1.807) is 66.7 Å². The van der Waals surface area contributed by atoms with Crippen molar-refractivity contribution in [2.24, 2.45) is 23.2 Å². The minimum Gasteiger partial charge on any atom is -0.393 e. The van der Waals surface area contributed by atoms with Gasteiger partial charge >= 0.3 is 0 Å². The van der Waals surface area contributed by atoms with E-state index in [-0.39, 0.29) is 28.6 Å². The van der Waals surface area contributed by atoms with E-state index >= 15 is 0 Å². The molecule has 5 nitrogen and oxygen atoms in total. The normalized spacial score (nSPS) is 38.5. The highest BCUT2D eigenvalue weighted by Crippen LogP contribution is 2.62. The Morgan fingerprint density at radius 2 is 1.46 bits per heavy atom. The van der Waals surface area contributed by atoms with Gasteiger partial charge in [0.1, 0.15) is 0 Å². The molecular weight excluding hydrogens is 464 g/mol. The van der Waals surface area contributed by atoms with Crippen LogP contribution in [0.1, 0.15) is 66.2 Å². The van der Waals surface area contributed by atoms with Crippen LogP contribution in [0, 0.1) is 23.2 Å². The summed E-state index contributed by atoms with van der Waals surface area (Å²) >= 11 is 0. The minimum absolute atomic E-state index is 0.0994. The number of carbonyl (C=O) groups excluding carboxylic acids is 2. The number of benzene rings is 2. The van der Waals surface area contributed by atoms with Crippen LogP contribution in [0.3, 0.4) is 0 Å². The van der Waals surface area contributed by atoms with Crippen molar-refractivity contribution in [1.82, 2.24) is 0 Å². The second kappa shape index (κ2) is 8.59. The monoisotopic (exact) mass is 498 g/mol. The average molecular weight is 499 g/mol. The highest BCUT2D eigenvalue weighted by Gasteiger charge is 2.64. The molecule has 3 N–H and O–H groups in total. The minimum atomic E-state index is -2.43. The summed E-state index contributed by atoms with van der Waals surface area (Å²) in [5, 5.41) is 35.2. The third-order valence-corrected chi connectivity index (χ3v) is 10.1. The molecule has 4 aliphatic carbocycles. The van der Waals surface area contributed by atoms with E-state index in [0.29, 0.717) is 23.8 Å². The molecule has 2 aromatic carbocycles. The maximum Gasteiger partial charge on any atom is 0.202 e. The fraction of sp³-hybridized carbons (Fsp3) is 0.438. The zero-order chi connectivity index (χ0) is 26.0. The van der Waals surface area contributed by atoms with Gasteiger partial charge in [-0.1, -0.05) is 73.7 Å². The van der Waals surface area contributed by atoms with Gasteiger partial charge in [0.05, 0.1) is 6.10 Å². The predicted octanol–water partition coefficient (Wildman–Crippen LogP) is 4.68. The van der Waals surface area contributed by atoms with E-state index in [2.05, 4.69) is 6.92 Å². The number of hydrogen-bond acceptors (Lipinski definition) is 5. The van der Waals surface area contributed by atoms with Crippen molar-refractivity contribution in [2.45, 2.75) is 62.8 Å². The lowest BCUT2D eigenvalue weighted by Crippen LogP contribution is -2.65. The number of Topliss-reactive ketones (excluding diaryl/α,β-unsaturated/α-hetero) is 2. The predicted molar refractivity (Wildman–Crippen MR) is 140 cm³/mol. The van der Waals surface area contributed by atoms with Crippen molar-refractivity contribution in [1.29, 1.82) is 0 Å². The SMILES string of the molecule is C[C@]12CC[C@@H]3C4=C(CC[C@H]3[C@@H]1CC[C@@H]2O)C(O)(C(=O)c1ccccc1)C(O)(C(=O)c1ccccc1)C=C4. The molecule has 37 heavy (non-hydrogen) atoms. The maximum absolute atomic E-state index is 14.1. The fourth-order valence-electron chi connectivity index (χ4n) is 8.06. The molecule has 0 aliphatic heterocycles. The molecule has 7 atom stereocenters. The molecule has 0 bridgehead atoms. The Balaban J connectivity index is 1.48. The Bertz CT molecular complexity index is 1300. The van der Waals surface area contributed by atoms with E-state index in [4.69, 9.17) is 0 Å². The maximum atomic E-state index is 14.1. The van der Waals surface area contributed by atoms with Crippen LogP contribution in [0.4, 0.5) is 0 Å². The zero-order valence-corrected chi connectivity index (χ0v) is 21.1. The van der Waals surface area contributed by atoms with Gasteiger partial charge < -0.3 is 15.3 Å². The molecular formula is C32H34O5. The lowest BCUT2D eigenvalue weighted by Gasteiger charge is -2.53. The first-order valence-electron chi connectivity index (χ1n) is 13.5. The molecule has 2 fully saturated rings. The van der Waals surface area contributed by atoms with E-state index in [9.17, 15) is 24.9 Å². The molecule has 2 saturated carbocycles. The van der Waals surface area contributed by atoms with Crippen LogP contribution in [0.15, 0.2) is 84.0 Å². The number of aliphatic hydroxyl groups excluding tert-OH is 1. The Labute approximate surface area is 217 Å². The first kappa shape index (κ1) is 24.5. The quantitative estimate of drug-likeness (QED) is 0.532. The first-order valence-corrected chi connectivity index (χ1v) is 13.5. The highest BCUT2D eigenvalue weighted by atomic mass is 16.4. The summed E-state index contributed by atoms with van der Waals surface area (Å²) in [5.74, 6) is -0.512. The van der Waals surface area contributed by atoms with Gasteiger partial charge in [-0.15, -0.1) is 0 Å². The van der Waals surface area contributed by atoms with Gasteiger partial charge in [0.15, 0.2) is 11.2 Å². The van der Waals surface area contributed by atoms with Crippen LogP contribution >= 0.6 is 0 Å². The summed E-state index contributed by atoms with van der Waals surface area (Å²) in [4.78, 5) is 27.9. The Morgan fingerprint density at radius 1 is 0.838 bits per heavy atom. The third kappa shape index (κ3) is 3.34. The number of fused-ring (bicyclic) bond motifs is 4. The third-order valence-electron chi connectivity index (χ3n) is 10.1. The molecule has 5 heteroatoms. The van der Waals surface area contributed by atoms with Crippen LogP contribution in [-0.2, 0) is 0 Å².